The lowest BCUT2D eigenvalue weighted by Gasteiger charge is -2.35. The fourth-order valence-electron chi connectivity index (χ4n) is 2.84. The van der Waals surface area contributed by atoms with Gasteiger partial charge < -0.3 is 15.0 Å². The molecule has 0 aromatic carbocycles. The molecule has 2 aliphatic heterocycles. The summed E-state index contributed by atoms with van der Waals surface area (Å²) in [5.41, 5.74) is 0. The van der Waals surface area contributed by atoms with Crippen molar-refractivity contribution in [2.24, 2.45) is 0 Å². The number of ether oxygens (including phenoxy) is 1. The average Bonchev–Trinajstić information content (AvgIpc) is 2.36. The van der Waals surface area contributed by atoms with Gasteiger partial charge in [0.05, 0.1) is 19.3 Å². The predicted octanol–water partition coefficient (Wildman–Crippen LogP) is 0.933. The molecule has 0 radical (unpaired) electrons. The van der Waals surface area contributed by atoms with Crippen molar-refractivity contribution in [1.82, 2.24) is 15.1 Å². The van der Waals surface area contributed by atoms with Crippen LogP contribution >= 0.6 is 0 Å². The smallest absolute Gasteiger partial charge is 0.374 e. The molecule has 0 bridgehead atoms. The SMILES string of the molecule is CN1CCOC(CNC2CCN(CC(F)(F)F)CC2)C1. The first-order valence-corrected chi connectivity index (χ1v) is 7.25. The van der Waals surface area contributed by atoms with Gasteiger partial charge in [0.1, 0.15) is 0 Å². The number of likely N-dealkylation sites (N-methyl/N-ethyl adjacent to an activating group) is 1. The topological polar surface area (TPSA) is 27.7 Å². The second-order valence-corrected chi connectivity index (χ2v) is 5.83. The van der Waals surface area contributed by atoms with E-state index < -0.39 is 12.7 Å². The summed E-state index contributed by atoms with van der Waals surface area (Å²) in [6.07, 6.45) is -2.33. The van der Waals surface area contributed by atoms with Gasteiger partial charge in [-0.25, -0.2) is 0 Å². The van der Waals surface area contributed by atoms with E-state index >= 15 is 0 Å². The van der Waals surface area contributed by atoms with Crippen LogP contribution in [0, 0.1) is 0 Å². The van der Waals surface area contributed by atoms with Crippen molar-refractivity contribution in [1.29, 1.82) is 0 Å². The molecule has 1 atom stereocenters. The van der Waals surface area contributed by atoms with Crippen LogP contribution in [-0.4, -0.2) is 81.0 Å². The van der Waals surface area contributed by atoms with Crippen molar-refractivity contribution < 1.29 is 17.9 Å². The van der Waals surface area contributed by atoms with Crippen LogP contribution in [0.2, 0.25) is 0 Å². The summed E-state index contributed by atoms with van der Waals surface area (Å²) in [5, 5.41) is 3.44. The minimum Gasteiger partial charge on any atom is -0.374 e. The van der Waals surface area contributed by atoms with Gasteiger partial charge >= 0.3 is 6.18 Å². The number of morpholine rings is 1. The predicted molar refractivity (Wildman–Crippen MR) is 70.8 cm³/mol. The number of halogens is 3. The number of piperidine rings is 1. The zero-order valence-corrected chi connectivity index (χ0v) is 12.0. The zero-order chi connectivity index (χ0) is 14.6. The van der Waals surface area contributed by atoms with Gasteiger partial charge in [-0.15, -0.1) is 0 Å². The van der Waals surface area contributed by atoms with Crippen LogP contribution in [0.5, 0.6) is 0 Å². The summed E-state index contributed by atoms with van der Waals surface area (Å²) in [6.45, 7) is 3.68. The molecule has 2 aliphatic rings. The molecule has 7 heteroatoms. The lowest BCUT2D eigenvalue weighted by atomic mass is 10.0. The fourth-order valence-corrected chi connectivity index (χ4v) is 2.84. The zero-order valence-electron chi connectivity index (χ0n) is 12.0. The largest absolute Gasteiger partial charge is 0.401 e. The molecule has 2 rings (SSSR count). The maximum Gasteiger partial charge on any atom is 0.401 e. The third-order valence-corrected chi connectivity index (χ3v) is 3.97. The maximum absolute atomic E-state index is 12.3. The van der Waals surface area contributed by atoms with E-state index in [4.69, 9.17) is 4.74 Å². The Kier molecular flexibility index (Phi) is 5.65. The van der Waals surface area contributed by atoms with Crippen molar-refractivity contribution in [3.63, 3.8) is 0 Å². The monoisotopic (exact) mass is 295 g/mol. The van der Waals surface area contributed by atoms with Crippen LogP contribution in [0.15, 0.2) is 0 Å². The summed E-state index contributed by atoms with van der Waals surface area (Å²) in [6, 6.07) is 0.315. The van der Waals surface area contributed by atoms with Gasteiger partial charge in [0, 0.05) is 25.7 Å². The molecule has 0 aromatic rings. The summed E-state index contributed by atoms with van der Waals surface area (Å²) < 4.78 is 42.5. The highest BCUT2D eigenvalue weighted by Gasteiger charge is 2.32. The molecule has 0 amide bonds. The number of alkyl halides is 3. The summed E-state index contributed by atoms with van der Waals surface area (Å²) in [4.78, 5) is 3.73. The lowest BCUT2D eigenvalue weighted by Crippen LogP contribution is -2.50. The molecule has 0 aliphatic carbocycles. The number of hydrogen-bond acceptors (Lipinski definition) is 4. The highest BCUT2D eigenvalue weighted by molar-refractivity contribution is 4.80. The minimum atomic E-state index is -4.08. The van der Waals surface area contributed by atoms with E-state index in [1.807, 2.05) is 0 Å². The van der Waals surface area contributed by atoms with Crippen LogP contribution in [0.4, 0.5) is 13.2 Å². The van der Waals surface area contributed by atoms with E-state index in [0.29, 0.717) is 19.1 Å². The molecule has 2 heterocycles. The van der Waals surface area contributed by atoms with E-state index in [0.717, 1.165) is 39.1 Å². The Morgan fingerprint density at radius 3 is 2.50 bits per heavy atom. The first-order chi connectivity index (χ1) is 9.42. The van der Waals surface area contributed by atoms with Crippen LogP contribution < -0.4 is 5.32 Å². The molecule has 4 nitrogen and oxygen atoms in total. The quantitative estimate of drug-likeness (QED) is 0.835. The Labute approximate surface area is 118 Å². The molecule has 2 fully saturated rings. The number of nitrogens with one attached hydrogen (secondary N) is 1. The number of likely N-dealkylation sites (tertiary alicyclic amines) is 1. The van der Waals surface area contributed by atoms with E-state index in [2.05, 4.69) is 17.3 Å². The van der Waals surface area contributed by atoms with E-state index in [1.165, 1.54) is 4.90 Å². The van der Waals surface area contributed by atoms with Gasteiger partial charge in [-0.3, -0.25) is 4.90 Å². The Bertz CT molecular complexity index is 293. The molecular weight excluding hydrogens is 271 g/mol. The molecule has 118 valence electrons. The Hall–Kier alpha value is -0.370. The Morgan fingerprint density at radius 1 is 1.20 bits per heavy atom. The van der Waals surface area contributed by atoms with Gasteiger partial charge in [0.25, 0.3) is 0 Å². The first kappa shape index (κ1) is 16.0. The van der Waals surface area contributed by atoms with Gasteiger partial charge in [-0.05, 0) is 33.0 Å². The van der Waals surface area contributed by atoms with Gasteiger partial charge in [-0.2, -0.15) is 13.2 Å². The highest BCUT2D eigenvalue weighted by Crippen LogP contribution is 2.19. The standard InChI is InChI=1S/C13H24F3N3O/c1-18-6-7-20-12(9-18)8-17-11-2-4-19(5-3-11)10-13(14,15)16/h11-12,17H,2-10H2,1H3. The summed E-state index contributed by atoms with van der Waals surface area (Å²) in [5.74, 6) is 0. The molecule has 1 N–H and O–H groups in total. The third-order valence-electron chi connectivity index (χ3n) is 3.97. The first-order valence-electron chi connectivity index (χ1n) is 7.25. The van der Waals surface area contributed by atoms with Crippen molar-refractivity contribution in [2.75, 3.05) is 52.9 Å². The second kappa shape index (κ2) is 7.06. The fraction of sp³-hybridized carbons (Fsp3) is 1.00. The van der Waals surface area contributed by atoms with Crippen molar-refractivity contribution in [2.45, 2.75) is 31.2 Å². The number of nitrogens with zero attached hydrogens (tertiary/aromatic N) is 2. The average molecular weight is 295 g/mol. The lowest BCUT2D eigenvalue weighted by molar-refractivity contribution is -0.148. The van der Waals surface area contributed by atoms with Gasteiger partial charge in [0.2, 0.25) is 0 Å². The van der Waals surface area contributed by atoms with E-state index in [9.17, 15) is 13.2 Å². The Balaban J connectivity index is 1.62. The molecule has 0 saturated carbocycles. The molecular formula is C13H24F3N3O. The second-order valence-electron chi connectivity index (χ2n) is 5.83. The number of rotatable bonds is 4. The van der Waals surface area contributed by atoms with Crippen LogP contribution in [0.1, 0.15) is 12.8 Å². The molecule has 0 spiro atoms. The van der Waals surface area contributed by atoms with Crippen molar-refractivity contribution >= 4 is 0 Å². The van der Waals surface area contributed by atoms with Crippen molar-refractivity contribution in [3.8, 4) is 0 Å². The minimum absolute atomic E-state index is 0.196. The van der Waals surface area contributed by atoms with Crippen molar-refractivity contribution in [3.05, 3.63) is 0 Å². The molecule has 0 aromatic heterocycles. The van der Waals surface area contributed by atoms with E-state index in [1.54, 1.807) is 0 Å². The molecule has 20 heavy (non-hydrogen) atoms. The number of hydrogen-bond donors (Lipinski definition) is 1. The van der Waals surface area contributed by atoms with Gasteiger partial charge in [0.15, 0.2) is 0 Å². The summed E-state index contributed by atoms with van der Waals surface area (Å²) >= 11 is 0. The summed E-state index contributed by atoms with van der Waals surface area (Å²) in [7, 11) is 2.07. The molecule has 1 unspecified atom stereocenters. The van der Waals surface area contributed by atoms with Gasteiger partial charge in [-0.1, -0.05) is 0 Å². The van der Waals surface area contributed by atoms with Crippen LogP contribution in [0.25, 0.3) is 0 Å². The highest BCUT2D eigenvalue weighted by atomic mass is 19.4. The van der Waals surface area contributed by atoms with Crippen LogP contribution in [-0.2, 0) is 4.74 Å². The van der Waals surface area contributed by atoms with E-state index in [-0.39, 0.29) is 6.10 Å². The normalized spacial score (nSPS) is 27.9. The Morgan fingerprint density at radius 2 is 1.90 bits per heavy atom. The van der Waals surface area contributed by atoms with Crippen LogP contribution in [0.3, 0.4) is 0 Å². The maximum atomic E-state index is 12.3. The third kappa shape index (κ3) is 5.55. The molecule has 2 saturated heterocycles.